The Morgan fingerprint density at radius 2 is 2.17 bits per heavy atom. The van der Waals surface area contributed by atoms with E-state index in [2.05, 4.69) is 9.97 Å². The molecule has 8 nitrogen and oxygen atoms in total. The van der Waals surface area contributed by atoms with Gasteiger partial charge in [0.1, 0.15) is 12.7 Å². The predicted octanol–water partition coefficient (Wildman–Crippen LogP) is 1.96. The van der Waals surface area contributed by atoms with Crippen molar-refractivity contribution in [2.24, 2.45) is 5.92 Å². The van der Waals surface area contributed by atoms with Crippen LogP contribution in [-0.4, -0.2) is 71.0 Å². The second-order valence-electron chi connectivity index (χ2n) is 7.43. The van der Waals surface area contributed by atoms with E-state index >= 15 is 0 Å². The average molecular weight is 431 g/mol. The van der Waals surface area contributed by atoms with Crippen LogP contribution in [0.2, 0.25) is 5.15 Å². The highest BCUT2D eigenvalue weighted by Crippen LogP contribution is 2.38. The van der Waals surface area contributed by atoms with Gasteiger partial charge in [0.25, 0.3) is 0 Å². The van der Waals surface area contributed by atoms with Crippen molar-refractivity contribution in [1.82, 2.24) is 19.8 Å². The lowest BCUT2D eigenvalue weighted by Crippen LogP contribution is -2.50. The summed E-state index contributed by atoms with van der Waals surface area (Å²) in [6, 6.07) is 6.88. The molecule has 4 rings (SSSR count). The quantitative estimate of drug-likeness (QED) is 0.674. The first-order chi connectivity index (χ1) is 14.5. The molecule has 0 radical (unpaired) electrons. The highest BCUT2D eigenvalue weighted by Gasteiger charge is 2.45. The van der Waals surface area contributed by atoms with E-state index in [0.29, 0.717) is 25.4 Å². The van der Waals surface area contributed by atoms with Gasteiger partial charge in [-0.3, -0.25) is 14.6 Å². The van der Waals surface area contributed by atoms with Gasteiger partial charge < -0.3 is 19.3 Å². The zero-order chi connectivity index (χ0) is 21.1. The summed E-state index contributed by atoms with van der Waals surface area (Å²) in [5.41, 5.74) is 0.864. The zero-order valence-electron chi connectivity index (χ0n) is 16.6. The lowest BCUT2D eigenvalue weighted by atomic mass is 9.93. The highest BCUT2D eigenvalue weighted by molar-refractivity contribution is 6.30. The average Bonchev–Trinajstić information content (AvgIpc) is 3.08. The molecule has 30 heavy (non-hydrogen) atoms. The van der Waals surface area contributed by atoms with Crippen molar-refractivity contribution in [3.05, 3.63) is 53.6 Å². The SMILES string of the molecule is CN1C(=O)C[C@@H](C(=O)N2CCOC(COc3cccnc3Cl)C2)[C@@H]1c1cccnc1. The molecule has 9 heteroatoms. The summed E-state index contributed by atoms with van der Waals surface area (Å²) in [6.07, 6.45) is 4.89. The first-order valence-corrected chi connectivity index (χ1v) is 10.2. The number of likely N-dealkylation sites (tertiary alicyclic amines) is 1. The fraction of sp³-hybridized carbons (Fsp3) is 0.429. The van der Waals surface area contributed by atoms with Crippen LogP contribution < -0.4 is 4.74 Å². The van der Waals surface area contributed by atoms with Crippen LogP contribution in [-0.2, 0) is 14.3 Å². The van der Waals surface area contributed by atoms with Gasteiger partial charge in [-0.25, -0.2) is 4.98 Å². The summed E-state index contributed by atoms with van der Waals surface area (Å²) in [7, 11) is 1.74. The Hall–Kier alpha value is -2.71. The zero-order valence-corrected chi connectivity index (χ0v) is 17.4. The van der Waals surface area contributed by atoms with E-state index < -0.39 is 5.92 Å². The number of amides is 2. The minimum Gasteiger partial charge on any atom is -0.488 e. The number of aromatic nitrogens is 2. The van der Waals surface area contributed by atoms with Crippen molar-refractivity contribution in [3.63, 3.8) is 0 Å². The summed E-state index contributed by atoms with van der Waals surface area (Å²) in [5, 5.41) is 0.285. The van der Waals surface area contributed by atoms with Gasteiger partial charge in [0.15, 0.2) is 10.9 Å². The largest absolute Gasteiger partial charge is 0.488 e. The monoisotopic (exact) mass is 430 g/mol. The lowest BCUT2D eigenvalue weighted by molar-refractivity contribution is -0.145. The van der Waals surface area contributed by atoms with Gasteiger partial charge in [-0.05, 0) is 23.8 Å². The number of ether oxygens (including phenoxy) is 2. The maximum absolute atomic E-state index is 13.3. The number of carbonyl (C=O) groups excluding carboxylic acids is 2. The molecule has 0 N–H and O–H groups in total. The predicted molar refractivity (Wildman–Crippen MR) is 109 cm³/mol. The Morgan fingerprint density at radius 3 is 2.93 bits per heavy atom. The molecule has 2 aliphatic rings. The Kier molecular flexibility index (Phi) is 6.15. The molecular weight excluding hydrogens is 408 g/mol. The van der Waals surface area contributed by atoms with Crippen LogP contribution in [0, 0.1) is 5.92 Å². The van der Waals surface area contributed by atoms with Crippen molar-refractivity contribution in [2.45, 2.75) is 18.6 Å². The van der Waals surface area contributed by atoms with Gasteiger partial charge in [0, 0.05) is 38.6 Å². The van der Waals surface area contributed by atoms with Crippen LogP contribution in [0.15, 0.2) is 42.9 Å². The van der Waals surface area contributed by atoms with E-state index in [1.165, 1.54) is 0 Å². The molecule has 0 aliphatic carbocycles. The number of pyridine rings is 2. The van der Waals surface area contributed by atoms with Gasteiger partial charge >= 0.3 is 0 Å². The van der Waals surface area contributed by atoms with E-state index in [1.54, 1.807) is 47.6 Å². The number of carbonyl (C=O) groups is 2. The molecule has 0 bridgehead atoms. The number of rotatable bonds is 5. The summed E-state index contributed by atoms with van der Waals surface area (Å²) in [5.74, 6) is -0.0548. The number of morpholine rings is 1. The Balaban J connectivity index is 1.43. The van der Waals surface area contributed by atoms with E-state index in [0.717, 1.165) is 5.56 Å². The topological polar surface area (TPSA) is 84.9 Å². The Morgan fingerprint density at radius 1 is 1.33 bits per heavy atom. The molecule has 0 saturated carbocycles. The summed E-state index contributed by atoms with van der Waals surface area (Å²) < 4.78 is 11.5. The summed E-state index contributed by atoms with van der Waals surface area (Å²) >= 11 is 6.03. The Labute approximate surface area is 179 Å². The fourth-order valence-electron chi connectivity index (χ4n) is 4.01. The van der Waals surface area contributed by atoms with Gasteiger partial charge in [0.2, 0.25) is 11.8 Å². The molecule has 2 fully saturated rings. The Bertz CT molecular complexity index is 913. The van der Waals surface area contributed by atoms with Crippen molar-refractivity contribution in [1.29, 1.82) is 0 Å². The molecule has 158 valence electrons. The van der Waals surface area contributed by atoms with Crippen LogP contribution in [0.5, 0.6) is 5.75 Å². The number of hydrogen-bond acceptors (Lipinski definition) is 6. The second kappa shape index (κ2) is 8.97. The van der Waals surface area contributed by atoms with Crippen LogP contribution in [0.25, 0.3) is 0 Å². The molecule has 2 aliphatic heterocycles. The third kappa shape index (κ3) is 4.24. The normalized spacial score (nSPS) is 24.2. The molecule has 2 aromatic heterocycles. The smallest absolute Gasteiger partial charge is 0.228 e. The second-order valence-corrected chi connectivity index (χ2v) is 7.78. The fourth-order valence-corrected chi connectivity index (χ4v) is 4.19. The molecule has 4 heterocycles. The molecule has 2 aromatic rings. The van der Waals surface area contributed by atoms with Gasteiger partial charge in [0.05, 0.1) is 25.1 Å². The summed E-state index contributed by atoms with van der Waals surface area (Å²) in [4.78, 5) is 37.3. The molecular formula is C21H23ClN4O4. The molecule has 1 unspecified atom stereocenters. The maximum atomic E-state index is 13.3. The van der Waals surface area contributed by atoms with Crippen molar-refractivity contribution >= 4 is 23.4 Å². The molecule has 2 amide bonds. The number of nitrogens with zero attached hydrogens (tertiary/aromatic N) is 4. The molecule has 0 aromatic carbocycles. The van der Waals surface area contributed by atoms with Crippen molar-refractivity contribution < 1.29 is 19.1 Å². The van der Waals surface area contributed by atoms with Crippen molar-refractivity contribution in [2.75, 3.05) is 33.4 Å². The lowest BCUT2D eigenvalue weighted by Gasteiger charge is -2.35. The van der Waals surface area contributed by atoms with E-state index in [-0.39, 0.29) is 42.1 Å². The molecule has 3 atom stereocenters. The highest BCUT2D eigenvalue weighted by atomic mass is 35.5. The minimum absolute atomic E-state index is 0.0402. The minimum atomic E-state index is -0.445. The van der Waals surface area contributed by atoms with E-state index in [9.17, 15) is 9.59 Å². The van der Waals surface area contributed by atoms with Crippen LogP contribution in [0.1, 0.15) is 18.0 Å². The van der Waals surface area contributed by atoms with Crippen LogP contribution in [0.4, 0.5) is 0 Å². The van der Waals surface area contributed by atoms with Gasteiger partial charge in [-0.15, -0.1) is 0 Å². The van der Waals surface area contributed by atoms with Crippen LogP contribution >= 0.6 is 11.6 Å². The van der Waals surface area contributed by atoms with Crippen molar-refractivity contribution in [3.8, 4) is 5.75 Å². The molecule has 2 saturated heterocycles. The standard InChI is InChI=1S/C21H23ClN4O4/c1-25-18(27)10-16(19(25)14-4-2-6-23-11-14)21(28)26-8-9-29-15(12-26)13-30-17-5-3-7-24-20(17)22/h2-7,11,15-16,19H,8-10,12-13H2,1H3/t15?,16-,19+/m1/s1. The number of halogens is 1. The third-order valence-corrected chi connectivity index (χ3v) is 5.81. The van der Waals surface area contributed by atoms with Gasteiger partial charge in [-0.2, -0.15) is 0 Å². The van der Waals surface area contributed by atoms with E-state index in [4.69, 9.17) is 21.1 Å². The van der Waals surface area contributed by atoms with Crippen LogP contribution in [0.3, 0.4) is 0 Å². The first kappa shape index (κ1) is 20.6. The van der Waals surface area contributed by atoms with Gasteiger partial charge in [-0.1, -0.05) is 17.7 Å². The first-order valence-electron chi connectivity index (χ1n) is 9.84. The molecule has 0 spiro atoms. The maximum Gasteiger partial charge on any atom is 0.228 e. The number of hydrogen-bond donors (Lipinski definition) is 0. The third-order valence-electron chi connectivity index (χ3n) is 5.53. The summed E-state index contributed by atoms with van der Waals surface area (Å²) in [6.45, 7) is 1.54. The van der Waals surface area contributed by atoms with E-state index in [1.807, 2.05) is 12.1 Å².